The molecule has 7 nitrogen and oxygen atoms in total. The van der Waals surface area contributed by atoms with Gasteiger partial charge in [-0.15, -0.1) is 0 Å². The fourth-order valence-corrected chi connectivity index (χ4v) is 3.05. The lowest BCUT2D eigenvalue weighted by atomic mass is 9.95. The van der Waals surface area contributed by atoms with Gasteiger partial charge in [-0.2, -0.15) is 0 Å². The molecule has 0 radical (unpaired) electrons. The third-order valence-corrected chi connectivity index (χ3v) is 4.27. The fourth-order valence-electron chi connectivity index (χ4n) is 3.05. The van der Waals surface area contributed by atoms with Gasteiger partial charge >= 0.3 is 5.69 Å². The van der Waals surface area contributed by atoms with Gasteiger partial charge in [0.05, 0.1) is 5.69 Å². The van der Waals surface area contributed by atoms with Crippen LogP contribution in [0, 0.1) is 0 Å². The predicted molar refractivity (Wildman–Crippen MR) is 88.7 cm³/mol. The second-order valence-corrected chi connectivity index (χ2v) is 5.94. The van der Waals surface area contributed by atoms with Crippen LogP contribution in [0.3, 0.4) is 0 Å². The molecular formula is C17H19N3O4. The Morgan fingerprint density at radius 1 is 1.12 bits per heavy atom. The molecule has 1 aliphatic rings. The molecule has 1 fully saturated rings. The molecule has 126 valence electrons. The zero-order valence-electron chi connectivity index (χ0n) is 13.1. The number of hydrogen-bond donors (Lipinski definition) is 3. The molecule has 0 aliphatic heterocycles. The van der Waals surface area contributed by atoms with Gasteiger partial charge in [0.1, 0.15) is 0 Å². The van der Waals surface area contributed by atoms with Gasteiger partial charge in [0.15, 0.2) is 5.56 Å². The zero-order valence-corrected chi connectivity index (χ0v) is 13.1. The first kappa shape index (κ1) is 16.0. The van der Waals surface area contributed by atoms with Gasteiger partial charge in [0, 0.05) is 6.04 Å². The second-order valence-electron chi connectivity index (χ2n) is 5.94. The molecule has 0 spiro atoms. The summed E-state index contributed by atoms with van der Waals surface area (Å²) in [5.41, 5.74) is -1.76. The van der Waals surface area contributed by atoms with E-state index in [1.54, 1.807) is 30.3 Å². The number of H-pyrrole nitrogens is 1. The molecule has 24 heavy (non-hydrogen) atoms. The monoisotopic (exact) mass is 329 g/mol. The van der Waals surface area contributed by atoms with Crippen molar-refractivity contribution in [2.45, 2.75) is 38.1 Å². The Labute approximate surface area is 138 Å². The maximum absolute atomic E-state index is 12.4. The van der Waals surface area contributed by atoms with Gasteiger partial charge in [-0.05, 0) is 25.0 Å². The number of hydrogen-bond acceptors (Lipinski definition) is 4. The lowest BCUT2D eigenvalue weighted by Gasteiger charge is -2.22. The summed E-state index contributed by atoms with van der Waals surface area (Å²) in [7, 11) is 0. The number of rotatable bonds is 3. The van der Waals surface area contributed by atoms with Crippen molar-refractivity contribution >= 4 is 5.91 Å². The number of aromatic amines is 1. The Hall–Kier alpha value is -2.83. The minimum atomic E-state index is -0.891. The highest BCUT2D eigenvalue weighted by molar-refractivity contribution is 5.96. The van der Waals surface area contributed by atoms with Crippen molar-refractivity contribution < 1.29 is 9.90 Å². The van der Waals surface area contributed by atoms with E-state index in [2.05, 4.69) is 10.3 Å². The summed E-state index contributed by atoms with van der Waals surface area (Å²) < 4.78 is 0.914. The van der Waals surface area contributed by atoms with Crippen molar-refractivity contribution in [3.8, 4) is 11.6 Å². The normalized spacial score (nSPS) is 15.2. The fraction of sp³-hybridized carbons (Fsp3) is 0.353. The molecule has 0 bridgehead atoms. The largest absolute Gasteiger partial charge is 0.493 e. The first-order chi connectivity index (χ1) is 11.6. The van der Waals surface area contributed by atoms with Crippen LogP contribution in [0.2, 0.25) is 0 Å². The average Bonchev–Trinajstić information content (AvgIpc) is 2.56. The Kier molecular flexibility index (Phi) is 4.50. The van der Waals surface area contributed by atoms with Crippen LogP contribution in [0.15, 0.2) is 39.9 Å². The summed E-state index contributed by atoms with van der Waals surface area (Å²) in [6.45, 7) is 0. The topological polar surface area (TPSA) is 104 Å². The van der Waals surface area contributed by atoms with Crippen molar-refractivity contribution in [3.63, 3.8) is 0 Å². The summed E-state index contributed by atoms with van der Waals surface area (Å²) >= 11 is 0. The third kappa shape index (κ3) is 3.10. The van der Waals surface area contributed by atoms with E-state index in [4.69, 9.17) is 0 Å². The highest BCUT2D eigenvalue weighted by atomic mass is 16.3. The smallest absolute Gasteiger partial charge is 0.335 e. The van der Waals surface area contributed by atoms with E-state index in [0.717, 1.165) is 36.7 Å². The minimum absolute atomic E-state index is 0.0119. The van der Waals surface area contributed by atoms with Crippen LogP contribution in [0.1, 0.15) is 42.5 Å². The molecule has 1 heterocycles. The van der Waals surface area contributed by atoms with Gasteiger partial charge in [0.25, 0.3) is 11.5 Å². The second kappa shape index (κ2) is 6.74. The number of nitrogens with zero attached hydrogens (tertiary/aromatic N) is 1. The average molecular weight is 329 g/mol. The number of carbonyl (C=O) groups excluding carboxylic acids is 1. The van der Waals surface area contributed by atoms with Crippen LogP contribution in [0.4, 0.5) is 0 Å². The van der Waals surface area contributed by atoms with E-state index in [-0.39, 0.29) is 6.04 Å². The Morgan fingerprint density at radius 3 is 2.46 bits per heavy atom. The number of carbonyl (C=O) groups is 1. The maximum atomic E-state index is 12.4. The van der Waals surface area contributed by atoms with Gasteiger partial charge in [0.2, 0.25) is 5.88 Å². The first-order valence-corrected chi connectivity index (χ1v) is 8.02. The minimum Gasteiger partial charge on any atom is -0.493 e. The Bertz CT molecular complexity index is 848. The van der Waals surface area contributed by atoms with Gasteiger partial charge in [-0.3, -0.25) is 14.6 Å². The molecule has 1 amide bonds. The maximum Gasteiger partial charge on any atom is 0.335 e. The van der Waals surface area contributed by atoms with Gasteiger partial charge in [-0.1, -0.05) is 37.5 Å². The molecule has 3 rings (SSSR count). The van der Waals surface area contributed by atoms with Crippen molar-refractivity contribution in [1.29, 1.82) is 0 Å². The van der Waals surface area contributed by atoms with Crippen molar-refractivity contribution in [1.82, 2.24) is 14.9 Å². The van der Waals surface area contributed by atoms with E-state index in [1.165, 1.54) is 0 Å². The van der Waals surface area contributed by atoms with Crippen LogP contribution in [0.5, 0.6) is 5.88 Å². The van der Waals surface area contributed by atoms with Crippen LogP contribution in [0.25, 0.3) is 5.69 Å². The van der Waals surface area contributed by atoms with Gasteiger partial charge < -0.3 is 10.4 Å². The van der Waals surface area contributed by atoms with Crippen LogP contribution >= 0.6 is 0 Å². The molecule has 3 N–H and O–H groups in total. The number of amides is 1. The molecule has 2 aromatic rings. The molecule has 1 aromatic carbocycles. The third-order valence-electron chi connectivity index (χ3n) is 4.27. The molecular weight excluding hydrogens is 310 g/mol. The first-order valence-electron chi connectivity index (χ1n) is 8.02. The number of nitrogens with one attached hydrogen (secondary N) is 2. The summed E-state index contributed by atoms with van der Waals surface area (Å²) in [6, 6.07) is 8.32. The van der Waals surface area contributed by atoms with Gasteiger partial charge in [-0.25, -0.2) is 9.36 Å². The van der Waals surface area contributed by atoms with Crippen molar-refractivity contribution in [2.75, 3.05) is 0 Å². The molecule has 1 aromatic heterocycles. The standard InChI is InChI=1S/C17H19N3O4/c21-14(18-11-7-3-1-4-8-11)13-15(22)19-17(24)20(16(13)23)12-9-5-2-6-10-12/h2,5-6,9-11,23H,1,3-4,7-8H2,(H,18,21)(H,19,22,24). The van der Waals surface area contributed by atoms with Crippen LogP contribution < -0.4 is 16.6 Å². The highest BCUT2D eigenvalue weighted by Gasteiger charge is 2.24. The lowest BCUT2D eigenvalue weighted by molar-refractivity contribution is 0.0922. The highest BCUT2D eigenvalue weighted by Crippen LogP contribution is 2.19. The molecule has 1 saturated carbocycles. The quantitative estimate of drug-likeness (QED) is 0.789. The lowest BCUT2D eigenvalue weighted by Crippen LogP contribution is -2.41. The zero-order chi connectivity index (χ0) is 17.1. The van der Waals surface area contributed by atoms with Crippen LogP contribution in [-0.2, 0) is 0 Å². The molecule has 0 unspecified atom stereocenters. The summed E-state index contributed by atoms with van der Waals surface area (Å²) in [5, 5.41) is 13.2. The van der Waals surface area contributed by atoms with Crippen molar-refractivity contribution in [3.05, 3.63) is 56.7 Å². The predicted octanol–water partition coefficient (Wildman–Crippen LogP) is 1.29. The van der Waals surface area contributed by atoms with Crippen LogP contribution in [-0.4, -0.2) is 26.6 Å². The summed E-state index contributed by atoms with van der Waals surface area (Å²) in [5.74, 6) is -1.31. The number of benzene rings is 1. The van der Waals surface area contributed by atoms with Crippen molar-refractivity contribution in [2.24, 2.45) is 0 Å². The molecule has 1 aliphatic carbocycles. The summed E-state index contributed by atoms with van der Waals surface area (Å²) in [6.07, 6.45) is 4.89. The number of aromatic hydroxyl groups is 1. The summed E-state index contributed by atoms with van der Waals surface area (Å²) in [4.78, 5) is 38.6. The molecule has 7 heteroatoms. The Balaban J connectivity index is 2.00. The molecule has 0 atom stereocenters. The molecule has 0 saturated heterocycles. The van der Waals surface area contributed by atoms with E-state index in [0.29, 0.717) is 5.69 Å². The van der Waals surface area contributed by atoms with E-state index >= 15 is 0 Å². The van der Waals surface area contributed by atoms with E-state index in [1.807, 2.05) is 0 Å². The Morgan fingerprint density at radius 2 is 1.79 bits per heavy atom. The number of aromatic nitrogens is 2. The number of para-hydroxylation sites is 1. The van der Waals surface area contributed by atoms with E-state index in [9.17, 15) is 19.5 Å². The SMILES string of the molecule is O=C(NC1CCCCC1)c1c(O)n(-c2ccccc2)c(=O)[nH]c1=O. The van der Waals surface area contributed by atoms with E-state index < -0.39 is 28.6 Å².